The predicted molar refractivity (Wildman–Crippen MR) is 91.1 cm³/mol. The van der Waals surface area contributed by atoms with Crippen LogP contribution in [0.2, 0.25) is 0 Å². The van der Waals surface area contributed by atoms with E-state index in [1.807, 2.05) is 12.3 Å². The number of para-hydroxylation sites is 1. The molecule has 0 unspecified atom stereocenters. The Morgan fingerprint density at radius 1 is 1.25 bits per heavy atom. The molecule has 2 rings (SSSR count). The van der Waals surface area contributed by atoms with Gasteiger partial charge in [0, 0.05) is 0 Å². The lowest BCUT2D eigenvalue weighted by Crippen LogP contribution is -2.30. The van der Waals surface area contributed by atoms with E-state index >= 15 is 0 Å². The van der Waals surface area contributed by atoms with Crippen LogP contribution in [-0.4, -0.2) is 30.9 Å². The van der Waals surface area contributed by atoms with Crippen molar-refractivity contribution in [3.8, 4) is 5.75 Å². The van der Waals surface area contributed by atoms with Gasteiger partial charge >= 0.3 is 5.97 Å². The second kappa shape index (κ2) is 8.68. The normalized spacial score (nSPS) is 11.0. The molecule has 1 amide bonds. The maximum Gasteiger partial charge on any atom is 0.354 e. The maximum absolute atomic E-state index is 12.1. The van der Waals surface area contributed by atoms with Crippen LogP contribution in [0.4, 0.5) is 0 Å². The minimum absolute atomic E-state index is 0.103. The summed E-state index contributed by atoms with van der Waals surface area (Å²) in [5.41, 5.74) is 6.01. The molecule has 1 aromatic heterocycles. The average Bonchev–Trinajstić information content (AvgIpc) is 3.13. The van der Waals surface area contributed by atoms with E-state index in [9.17, 15) is 9.59 Å². The molecule has 0 aliphatic carbocycles. The summed E-state index contributed by atoms with van der Waals surface area (Å²) in [7, 11) is 0. The molecular weight excluding hydrogens is 330 g/mol. The number of hydrogen-bond donors (Lipinski definition) is 2. The zero-order valence-corrected chi connectivity index (χ0v) is 13.8. The number of amides is 1. The summed E-state index contributed by atoms with van der Waals surface area (Å²) in [6.45, 7) is 1.92. The topological polar surface area (TPSA) is 103 Å². The molecule has 3 N–H and O–H groups in total. The van der Waals surface area contributed by atoms with Gasteiger partial charge in [0.1, 0.15) is 12.3 Å². The van der Waals surface area contributed by atoms with Gasteiger partial charge in [-0.3, -0.25) is 4.79 Å². The lowest BCUT2D eigenvalue weighted by Gasteiger charge is -2.09. The molecule has 2 aromatic rings. The highest BCUT2D eigenvalue weighted by Crippen LogP contribution is 2.17. The fourth-order valence-electron chi connectivity index (χ4n) is 1.78. The fourth-order valence-corrected chi connectivity index (χ4v) is 2.40. The quantitative estimate of drug-likeness (QED) is 0.344. The van der Waals surface area contributed by atoms with E-state index in [0.29, 0.717) is 22.8 Å². The number of amidine groups is 1. The van der Waals surface area contributed by atoms with Gasteiger partial charge in [0.25, 0.3) is 5.91 Å². The van der Waals surface area contributed by atoms with Crippen LogP contribution in [0.5, 0.6) is 5.75 Å². The molecule has 0 saturated heterocycles. The largest absolute Gasteiger partial charge is 0.493 e. The summed E-state index contributed by atoms with van der Waals surface area (Å²) in [6, 6.07) is 10.3. The van der Waals surface area contributed by atoms with Crippen LogP contribution in [0.15, 0.2) is 46.9 Å². The summed E-state index contributed by atoms with van der Waals surface area (Å²) in [5, 5.41) is 7.83. The lowest BCUT2D eigenvalue weighted by molar-refractivity contribution is -0.142. The Bertz CT molecular complexity index is 729. The predicted octanol–water partition coefficient (Wildman–Crippen LogP) is 1.74. The molecule has 0 aliphatic rings. The highest BCUT2D eigenvalue weighted by atomic mass is 32.1. The van der Waals surface area contributed by atoms with Gasteiger partial charge in [0.15, 0.2) is 5.84 Å². The zero-order chi connectivity index (χ0) is 17.4. The number of thiophene rings is 1. The summed E-state index contributed by atoms with van der Waals surface area (Å²) in [5.74, 6) is -0.611. The van der Waals surface area contributed by atoms with Crippen LogP contribution in [-0.2, 0) is 9.63 Å². The standard InChI is InChI=1S/C16H17N3O4S/c1-2-22-12-7-4-3-6-11(12)16(21)18-10-14(20)23-19-15(17)13-8-5-9-24-13/h3-9H,2,10H2,1H3,(H2,17,19)(H,18,21). The first-order valence-corrected chi connectivity index (χ1v) is 8.07. The summed E-state index contributed by atoms with van der Waals surface area (Å²) in [6.07, 6.45) is 0. The number of ether oxygens (including phenoxy) is 1. The van der Waals surface area contributed by atoms with Crippen molar-refractivity contribution in [3.05, 3.63) is 52.2 Å². The van der Waals surface area contributed by atoms with Crippen LogP contribution in [0.25, 0.3) is 0 Å². The zero-order valence-electron chi connectivity index (χ0n) is 13.0. The number of carbonyl (C=O) groups excluding carboxylic acids is 2. The van der Waals surface area contributed by atoms with Crippen molar-refractivity contribution in [1.82, 2.24) is 5.32 Å². The smallest absolute Gasteiger partial charge is 0.354 e. The molecular formula is C16H17N3O4S. The van der Waals surface area contributed by atoms with Crippen LogP contribution in [0.3, 0.4) is 0 Å². The van der Waals surface area contributed by atoms with Crippen LogP contribution < -0.4 is 15.8 Å². The summed E-state index contributed by atoms with van der Waals surface area (Å²) in [4.78, 5) is 29.1. The van der Waals surface area contributed by atoms with E-state index in [4.69, 9.17) is 10.5 Å². The van der Waals surface area contributed by atoms with Crippen LogP contribution >= 0.6 is 11.3 Å². The molecule has 7 nitrogen and oxygen atoms in total. The number of oxime groups is 1. The third-order valence-corrected chi connectivity index (χ3v) is 3.74. The number of nitrogens with two attached hydrogens (primary N) is 1. The van der Waals surface area contributed by atoms with E-state index in [2.05, 4.69) is 15.3 Å². The Morgan fingerprint density at radius 2 is 2.04 bits per heavy atom. The van der Waals surface area contributed by atoms with Gasteiger partial charge in [-0.2, -0.15) is 0 Å². The van der Waals surface area contributed by atoms with Gasteiger partial charge in [-0.15, -0.1) is 11.3 Å². The molecule has 1 heterocycles. The second-order valence-electron chi connectivity index (χ2n) is 4.53. The van der Waals surface area contributed by atoms with Crippen molar-refractivity contribution < 1.29 is 19.2 Å². The molecule has 24 heavy (non-hydrogen) atoms. The van der Waals surface area contributed by atoms with E-state index in [1.165, 1.54) is 11.3 Å². The maximum atomic E-state index is 12.1. The number of benzene rings is 1. The second-order valence-corrected chi connectivity index (χ2v) is 5.48. The van der Waals surface area contributed by atoms with Crippen molar-refractivity contribution in [3.63, 3.8) is 0 Å². The average molecular weight is 347 g/mol. The van der Waals surface area contributed by atoms with Crippen molar-refractivity contribution in [2.75, 3.05) is 13.2 Å². The lowest BCUT2D eigenvalue weighted by atomic mass is 10.2. The van der Waals surface area contributed by atoms with Crippen LogP contribution in [0.1, 0.15) is 22.2 Å². The monoisotopic (exact) mass is 347 g/mol. The number of nitrogens with one attached hydrogen (secondary N) is 1. The molecule has 0 aliphatic heterocycles. The molecule has 0 atom stereocenters. The van der Waals surface area contributed by atoms with E-state index in [-0.39, 0.29) is 12.4 Å². The first kappa shape index (κ1) is 17.5. The highest BCUT2D eigenvalue weighted by molar-refractivity contribution is 7.12. The SMILES string of the molecule is CCOc1ccccc1C(=O)NCC(=O)ON=C(N)c1cccs1. The number of rotatable bonds is 7. The van der Waals surface area contributed by atoms with E-state index < -0.39 is 11.9 Å². The molecule has 0 spiro atoms. The molecule has 0 radical (unpaired) electrons. The van der Waals surface area contributed by atoms with Gasteiger partial charge in [0.2, 0.25) is 0 Å². The minimum Gasteiger partial charge on any atom is -0.493 e. The van der Waals surface area contributed by atoms with Crippen molar-refractivity contribution in [1.29, 1.82) is 0 Å². The molecule has 0 saturated carbocycles. The first-order valence-electron chi connectivity index (χ1n) is 7.19. The summed E-state index contributed by atoms with van der Waals surface area (Å²) >= 11 is 1.37. The Balaban J connectivity index is 1.88. The first-order chi connectivity index (χ1) is 11.6. The van der Waals surface area contributed by atoms with E-state index in [0.717, 1.165) is 0 Å². The van der Waals surface area contributed by atoms with Gasteiger partial charge in [-0.1, -0.05) is 23.4 Å². The third kappa shape index (κ3) is 4.82. The van der Waals surface area contributed by atoms with Gasteiger partial charge in [0.05, 0.1) is 17.0 Å². The minimum atomic E-state index is -0.725. The van der Waals surface area contributed by atoms with Gasteiger partial charge < -0.3 is 20.6 Å². The molecule has 0 fully saturated rings. The molecule has 126 valence electrons. The van der Waals surface area contributed by atoms with Crippen LogP contribution in [0, 0.1) is 0 Å². The van der Waals surface area contributed by atoms with Crippen molar-refractivity contribution in [2.24, 2.45) is 10.9 Å². The van der Waals surface area contributed by atoms with Crippen molar-refractivity contribution in [2.45, 2.75) is 6.92 Å². The highest BCUT2D eigenvalue weighted by Gasteiger charge is 2.13. The molecule has 8 heteroatoms. The number of nitrogens with zero attached hydrogens (tertiary/aromatic N) is 1. The number of hydrogen-bond acceptors (Lipinski definition) is 6. The van der Waals surface area contributed by atoms with Gasteiger partial charge in [-0.05, 0) is 30.5 Å². The Kier molecular flexibility index (Phi) is 6.32. The Hall–Kier alpha value is -2.87. The summed E-state index contributed by atoms with van der Waals surface area (Å²) < 4.78 is 5.37. The van der Waals surface area contributed by atoms with Gasteiger partial charge in [-0.25, -0.2) is 4.79 Å². The fraction of sp³-hybridized carbons (Fsp3) is 0.188. The van der Waals surface area contributed by atoms with E-state index in [1.54, 1.807) is 36.4 Å². The Morgan fingerprint density at radius 3 is 2.75 bits per heavy atom. The molecule has 0 bridgehead atoms. The third-order valence-electron chi connectivity index (χ3n) is 2.84. The Labute approximate surface area is 143 Å². The number of carbonyl (C=O) groups is 2. The molecule has 1 aromatic carbocycles. The van der Waals surface area contributed by atoms with Crippen molar-refractivity contribution >= 4 is 29.0 Å².